The molecule has 1 aromatic heterocycles. The maximum Gasteiger partial charge on any atom is 0.193 e. The Balaban J connectivity index is 0.00000288. The molecule has 1 unspecified atom stereocenters. The lowest BCUT2D eigenvalue weighted by molar-refractivity contribution is 0.179. The molecule has 2 rings (SSSR count). The second kappa shape index (κ2) is 10.2. The average Bonchev–Trinajstić information content (AvgIpc) is 2.93. The predicted octanol–water partition coefficient (Wildman–Crippen LogP) is 3.90. The highest BCUT2D eigenvalue weighted by Gasteiger charge is 2.12. The second-order valence-corrected chi connectivity index (χ2v) is 6.86. The van der Waals surface area contributed by atoms with Crippen LogP contribution in [0.4, 0.5) is 4.39 Å². The van der Waals surface area contributed by atoms with Gasteiger partial charge in [-0.1, -0.05) is 23.7 Å². The standard InChI is InChI=1S/C16H19ClFN3OS.HI/c1-19-16(21(2)10-13-7-8-15(17)23-13)20-9-14(22)11-3-5-12(18)6-4-11;/h3-8,14,22H,9-10H2,1-2H3,(H,19,20);1H. The van der Waals surface area contributed by atoms with Crippen LogP contribution in [0.2, 0.25) is 4.34 Å². The Labute approximate surface area is 167 Å². The number of thiophene rings is 1. The van der Waals surface area contributed by atoms with Crippen LogP contribution >= 0.6 is 46.9 Å². The van der Waals surface area contributed by atoms with Gasteiger partial charge in [0, 0.05) is 25.5 Å². The van der Waals surface area contributed by atoms with Gasteiger partial charge in [0.25, 0.3) is 0 Å². The van der Waals surface area contributed by atoms with Crippen LogP contribution in [-0.4, -0.2) is 36.6 Å². The lowest BCUT2D eigenvalue weighted by Crippen LogP contribution is -2.40. The Bertz CT molecular complexity index is 666. The summed E-state index contributed by atoms with van der Waals surface area (Å²) < 4.78 is 13.7. The number of rotatable bonds is 5. The average molecular weight is 484 g/mol. The van der Waals surface area contributed by atoms with E-state index in [9.17, 15) is 9.50 Å². The molecule has 0 aliphatic carbocycles. The van der Waals surface area contributed by atoms with Crippen molar-refractivity contribution in [2.24, 2.45) is 4.99 Å². The first-order valence-electron chi connectivity index (χ1n) is 7.09. The van der Waals surface area contributed by atoms with Crippen molar-refractivity contribution in [3.05, 3.63) is 57.0 Å². The number of halogens is 3. The Morgan fingerprint density at radius 3 is 2.54 bits per heavy atom. The first-order valence-corrected chi connectivity index (χ1v) is 8.28. The Morgan fingerprint density at radius 1 is 1.33 bits per heavy atom. The zero-order chi connectivity index (χ0) is 16.8. The summed E-state index contributed by atoms with van der Waals surface area (Å²) in [6.45, 7) is 0.956. The number of hydrogen-bond acceptors (Lipinski definition) is 3. The van der Waals surface area contributed by atoms with Gasteiger partial charge in [-0.3, -0.25) is 4.99 Å². The van der Waals surface area contributed by atoms with Gasteiger partial charge in [0.2, 0.25) is 0 Å². The van der Waals surface area contributed by atoms with Gasteiger partial charge in [0.1, 0.15) is 5.82 Å². The summed E-state index contributed by atoms with van der Waals surface area (Å²) in [4.78, 5) is 7.27. The topological polar surface area (TPSA) is 47.9 Å². The molecular weight excluding hydrogens is 464 g/mol. The monoisotopic (exact) mass is 483 g/mol. The molecule has 1 aromatic carbocycles. The quantitative estimate of drug-likeness (QED) is 0.385. The molecule has 0 amide bonds. The SMILES string of the molecule is CN=C(NCC(O)c1ccc(F)cc1)N(C)Cc1ccc(Cl)s1.I. The molecule has 24 heavy (non-hydrogen) atoms. The minimum absolute atomic E-state index is 0. The van der Waals surface area contributed by atoms with Crippen molar-refractivity contribution in [1.29, 1.82) is 0 Å². The van der Waals surface area contributed by atoms with Crippen molar-refractivity contribution in [3.8, 4) is 0 Å². The third-order valence-corrected chi connectivity index (χ3v) is 4.52. The van der Waals surface area contributed by atoms with E-state index in [0.29, 0.717) is 18.1 Å². The summed E-state index contributed by atoms with van der Waals surface area (Å²) >= 11 is 7.46. The third kappa shape index (κ3) is 6.19. The van der Waals surface area contributed by atoms with Crippen molar-refractivity contribution >= 4 is 52.9 Å². The van der Waals surface area contributed by atoms with Gasteiger partial charge in [0.15, 0.2) is 5.96 Å². The molecule has 8 heteroatoms. The normalized spacial score (nSPS) is 12.5. The molecule has 4 nitrogen and oxygen atoms in total. The van der Waals surface area contributed by atoms with Gasteiger partial charge >= 0.3 is 0 Å². The fourth-order valence-corrected chi connectivity index (χ4v) is 3.26. The smallest absolute Gasteiger partial charge is 0.193 e. The summed E-state index contributed by atoms with van der Waals surface area (Å²) in [5.74, 6) is 0.342. The molecule has 0 bridgehead atoms. The Morgan fingerprint density at radius 2 is 2.00 bits per heavy atom. The molecule has 0 fully saturated rings. The molecule has 0 radical (unpaired) electrons. The summed E-state index contributed by atoms with van der Waals surface area (Å²) in [5, 5.41) is 13.3. The number of aliphatic hydroxyl groups is 1. The van der Waals surface area contributed by atoms with E-state index in [1.165, 1.54) is 23.5 Å². The minimum Gasteiger partial charge on any atom is -0.387 e. The second-order valence-electron chi connectivity index (χ2n) is 5.06. The number of aliphatic imine (C=N–C) groups is 1. The van der Waals surface area contributed by atoms with Crippen LogP contribution in [0.1, 0.15) is 16.5 Å². The van der Waals surface area contributed by atoms with E-state index in [-0.39, 0.29) is 36.3 Å². The van der Waals surface area contributed by atoms with Crippen LogP contribution in [0.25, 0.3) is 0 Å². The number of aliphatic hydroxyl groups excluding tert-OH is 1. The van der Waals surface area contributed by atoms with Gasteiger partial charge in [0.05, 0.1) is 17.0 Å². The first-order chi connectivity index (χ1) is 11.0. The minimum atomic E-state index is -0.739. The van der Waals surface area contributed by atoms with E-state index in [1.807, 2.05) is 24.1 Å². The van der Waals surface area contributed by atoms with Crippen molar-refractivity contribution in [1.82, 2.24) is 10.2 Å². The molecule has 1 heterocycles. The van der Waals surface area contributed by atoms with Gasteiger partial charge < -0.3 is 15.3 Å². The lowest BCUT2D eigenvalue weighted by Gasteiger charge is -2.23. The summed E-state index contributed by atoms with van der Waals surface area (Å²) in [6.07, 6.45) is -0.739. The van der Waals surface area contributed by atoms with E-state index in [0.717, 1.165) is 9.21 Å². The van der Waals surface area contributed by atoms with Crippen molar-refractivity contribution in [3.63, 3.8) is 0 Å². The maximum atomic E-state index is 12.9. The number of nitrogens with zero attached hydrogens (tertiary/aromatic N) is 2. The van der Waals surface area contributed by atoms with Crippen molar-refractivity contribution in [2.45, 2.75) is 12.6 Å². The molecule has 0 saturated carbocycles. The van der Waals surface area contributed by atoms with E-state index in [4.69, 9.17) is 11.6 Å². The predicted molar refractivity (Wildman–Crippen MR) is 109 cm³/mol. The zero-order valence-electron chi connectivity index (χ0n) is 13.4. The summed E-state index contributed by atoms with van der Waals surface area (Å²) in [6, 6.07) is 9.65. The molecule has 2 aromatic rings. The highest BCUT2D eigenvalue weighted by atomic mass is 127. The van der Waals surface area contributed by atoms with Crippen LogP contribution in [0.15, 0.2) is 41.4 Å². The van der Waals surface area contributed by atoms with Gasteiger partial charge in [-0.15, -0.1) is 35.3 Å². The highest BCUT2D eigenvalue weighted by molar-refractivity contribution is 14.0. The third-order valence-electron chi connectivity index (χ3n) is 3.30. The van der Waals surface area contributed by atoms with Crippen LogP contribution in [0.3, 0.4) is 0 Å². The fourth-order valence-electron chi connectivity index (χ4n) is 2.12. The first kappa shape index (κ1) is 21.1. The molecule has 0 aliphatic rings. The van der Waals surface area contributed by atoms with Crippen LogP contribution in [0.5, 0.6) is 0 Å². The van der Waals surface area contributed by atoms with Gasteiger partial charge in [-0.2, -0.15) is 0 Å². The van der Waals surface area contributed by atoms with Gasteiger partial charge in [-0.05, 0) is 29.8 Å². The van der Waals surface area contributed by atoms with Gasteiger partial charge in [-0.25, -0.2) is 4.39 Å². The number of hydrogen-bond donors (Lipinski definition) is 2. The van der Waals surface area contributed by atoms with Crippen LogP contribution < -0.4 is 5.32 Å². The highest BCUT2D eigenvalue weighted by Crippen LogP contribution is 2.22. The molecule has 132 valence electrons. The lowest BCUT2D eigenvalue weighted by atomic mass is 10.1. The molecular formula is C16H20ClFIN3OS. The fraction of sp³-hybridized carbons (Fsp3) is 0.312. The van der Waals surface area contributed by atoms with Crippen LogP contribution in [-0.2, 0) is 6.54 Å². The number of nitrogens with one attached hydrogen (secondary N) is 1. The summed E-state index contributed by atoms with van der Waals surface area (Å²) in [5.41, 5.74) is 0.655. The van der Waals surface area contributed by atoms with E-state index >= 15 is 0 Å². The molecule has 0 aliphatic heterocycles. The molecule has 1 atom stereocenters. The molecule has 2 N–H and O–H groups in total. The summed E-state index contributed by atoms with van der Waals surface area (Å²) in [7, 11) is 3.59. The van der Waals surface area contributed by atoms with Crippen molar-refractivity contribution in [2.75, 3.05) is 20.6 Å². The Kier molecular flexibility index (Phi) is 8.96. The largest absolute Gasteiger partial charge is 0.387 e. The van der Waals surface area contributed by atoms with E-state index < -0.39 is 6.10 Å². The molecule has 0 spiro atoms. The van der Waals surface area contributed by atoms with Crippen molar-refractivity contribution < 1.29 is 9.50 Å². The number of guanidine groups is 1. The molecule has 0 saturated heterocycles. The van der Waals surface area contributed by atoms with E-state index in [2.05, 4.69) is 10.3 Å². The zero-order valence-corrected chi connectivity index (χ0v) is 17.3. The van der Waals surface area contributed by atoms with E-state index in [1.54, 1.807) is 19.2 Å². The van der Waals surface area contributed by atoms with Crippen LogP contribution in [0, 0.1) is 5.82 Å². The number of benzene rings is 1. The maximum absolute atomic E-state index is 12.9. The Hall–Kier alpha value is -0.900.